The predicted octanol–water partition coefficient (Wildman–Crippen LogP) is 3.37. The number of hydrogen-bond donors (Lipinski definition) is 0. The van der Waals surface area contributed by atoms with Crippen molar-refractivity contribution >= 4 is 17.5 Å². The summed E-state index contributed by atoms with van der Waals surface area (Å²) >= 11 is 5.99. The minimum atomic E-state index is 0.00809. The van der Waals surface area contributed by atoms with Gasteiger partial charge in [-0.2, -0.15) is 0 Å². The molecular weight excluding hydrogens is 352 g/mol. The van der Waals surface area contributed by atoms with Gasteiger partial charge in [0.2, 0.25) is 0 Å². The van der Waals surface area contributed by atoms with Crippen LogP contribution in [-0.2, 0) is 6.54 Å². The Hall–Kier alpha value is -2.08. The first-order chi connectivity index (χ1) is 12.6. The van der Waals surface area contributed by atoms with Crippen LogP contribution in [0.1, 0.15) is 47.7 Å². The van der Waals surface area contributed by atoms with E-state index in [1.807, 2.05) is 9.58 Å². The van der Waals surface area contributed by atoms with Gasteiger partial charge in [0.15, 0.2) is 0 Å². The molecule has 2 aliphatic rings. The number of ether oxygens (including phenoxy) is 1. The number of amides is 1. The van der Waals surface area contributed by atoms with E-state index >= 15 is 0 Å². The summed E-state index contributed by atoms with van der Waals surface area (Å²) in [5, 5.41) is 9.10. The van der Waals surface area contributed by atoms with Gasteiger partial charge in [0, 0.05) is 36.8 Å². The van der Waals surface area contributed by atoms with Gasteiger partial charge in [0.1, 0.15) is 5.75 Å². The summed E-state index contributed by atoms with van der Waals surface area (Å²) in [6, 6.07) is 5.15. The van der Waals surface area contributed by atoms with Crippen molar-refractivity contribution in [3.05, 3.63) is 40.7 Å². The van der Waals surface area contributed by atoms with Crippen molar-refractivity contribution < 1.29 is 9.53 Å². The van der Waals surface area contributed by atoms with E-state index in [0.717, 1.165) is 38.2 Å². The van der Waals surface area contributed by atoms with E-state index in [1.54, 1.807) is 25.3 Å². The molecule has 0 radical (unpaired) electrons. The molecule has 1 aromatic carbocycles. The van der Waals surface area contributed by atoms with Gasteiger partial charge in [0.05, 0.1) is 18.4 Å². The van der Waals surface area contributed by atoms with E-state index in [1.165, 1.54) is 12.8 Å². The van der Waals surface area contributed by atoms with Gasteiger partial charge in [-0.05, 0) is 49.8 Å². The lowest BCUT2D eigenvalue weighted by Crippen LogP contribution is -2.39. The second kappa shape index (κ2) is 7.27. The summed E-state index contributed by atoms with van der Waals surface area (Å²) in [6.45, 7) is 2.38. The van der Waals surface area contributed by atoms with Crippen molar-refractivity contribution in [3.8, 4) is 5.75 Å². The van der Waals surface area contributed by atoms with Crippen LogP contribution in [0.5, 0.6) is 5.75 Å². The van der Waals surface area contributed by atoms with Crippen molar-refractivity contribution in [3.63, 3.8) is 0 Å². The number of benzene rings is 1. The molecule has 2 fully saturated rings. The molecule has 4 rings (SSSR count). The summed E-state index contributed by atoms with van der Waals surface area (Å²) in [4.78, 5) is 14.7. The zero-order valence-electron chi connectivity index (χ0n) is 14.9. The van der Waals surface area contributed by atoms with Crippen molar-refractivity contribution in [2.75, 3.05) is 20.2 Å². The Bertz CT molecular complexity index is 795. The molecule has 2 heterocycles. The molecule has 1 aromatic heterocycles. The molecule has 1 amide bonds. The summed E-state index contributed by atoms with van der Waals surface area (Å²) < 4.78 is 7.28. The average Bonchev–Trinajstić information content (AvgIpc) is 3.41. The molecule has 138 valence electrons. The predicted molar refractivity (Wildman–Crippen MR) is 98.6 cm³/mol. The average molecular weight is 375 g/mol. The van der Waals surface area contributed by atoms with E-state index < -0.39 is 0 Å². The standard InChI is InChI=1S/C19H23ClN4O2/c1-26-18-10-15(20)4-5-16(18)19(25)23-8-6-13(7-9-23)11-24-12-17(21-22-24)14-2-3-14/h4-5,10,12-14H,2-3,6-9,11H2,1H3. The number of carbonyl (C=O) groups excluding carboxylic acids is 1. The van der Waals surface area contributed by atoms with Crippen LogP contribution in [0.3, 0.4) is 0 Å². The zero-order valence-corrected chi connectivity index (χ0v) is 15.7. The van der Waals surface area contributed by atoms with Gasteiger partial charge in [-0.15, -0.1) is 5.10 Å². The van der Waals surface area contributed by atoms with Crippen LogP contribution in [0, 0.1) is 5.92 Å². The highest BCUT2D eigenvalue weighted by Crippen LogP contribution is 2.38. The Balaban J connectivity index is 1.34. The third kappa shape index (κ3) is 3.70. The Morgan fingerprint density at radius 1 is 1.27 bits per heavy atom. The minimum absolute atomic E-state index is 0.00809. The summed E-state index contributed by atoms with van der Waals surface area (Å²) in [5.74, 6) is 1.70. The highest BCUT2D eigenvalue weighted by molar-refractivity contribution is 6.30. The molecule has 1 saturated carbocycles. The molecule has 1 saturated heterocycles. The van der Waals surface area contributed by atoms with Crippen LogP contribution < -0.4 is 4.74 Å². The lowest BCUT2D eigenvalue weighted by Gasteiger charge is -2.32. The molecular formula is C19H23ClN4O2. The first kappa shape index (κ1) is 17.3. The smallest absolute Gasteiger partial charge is 0.257 e. The lowest BCUT2D eigenvalue weighted by molar-refractivity contribution is 0.0677. The maximum Gasteiger partial charge on any atom is 0.257 e. The summed E-state index contributed by atoms with van der Waals surface area (Å²) in [6.07, 6.45) is 6.52. The van der Waals surface area contributed by atoms with E-state index in [9.17, 15) is 4.79 Å². The number of carbonyl (C=O) groups is 1. The normalized spacial score (nSPS) is 18.2. The maximum atomic E-state index is 12.8. The molecule has 1 aliphatic carbocycles. The second-order valence-electron chi connectivity index (χ2n) is 7.22. The third-order valence-corrected chi connectivity index (χ3v) is 5.53. The minimum Gasteiger partial charge on any atom is -0.496 e. The van der Waals surface area contributed by atoms with Crippen LogP contribution in [0.4, 0.5) is 0 Å². The number of piperidine rings is 1. The number of likely N-dealkylation sites (tertiary alicyclic amines) is 1. The highest BCUT2D eigenvalue weighted by Gasteiger charge is 2.28. The van der Waals surface area contributed by atoms with Crippen LogP contribution >= 0.6 is 11.6 Å². The number of hydrogen-bond acceptors (Lipinski definition) is 4. The van der Waals surface area contributed by atoms with Gasteiger partial charge >= 0.3 is 0 Å². The lowest BCUT2D eigenvalue weighted by atomic mass is 9.96. The molecule has 6 nitrogen and oxygen atoms in total. The topological polar surface area (TPSA) is 60.2 Å². The van der Waals surface area contributed by atoms with Gasteiger partial charge in [0.25, 0.3) is 5.91 Å². The maximum absolute atomic E-state index is 12.8. The molecule has 26 heavy (non-hydrogen) atoms. The summed E-state index contributed by atoms with van der Waals surface area (Å²) in [7, 11) is 1.56. The number of halogens is 1. The number of nitrogens with zero attached hydrogens (tertiary/aromatic N) is 4. The Morgan fingerprint density at radius 3 is 2.73 bits per heavy atom. The van der Waals surface area contributed by atoms with E-state index in [-0.39, 0.29) is 5.91 Å². The van der Waals surface area contributed by atoms with Crippen LogP contribution in [-0.4, -0.2) is 46.0 Å². The highest BCUT2D eigenvalue weighted by atomic mass is 35.5. The largest absolute Gasteiger partial charge is 0.496 e. The van der Waals surface area contributed by atoms with E-state index in [2.05, 4.69) is 16.5 Å². The Kier molecular flexibility index (Phi) is 4.85. The van der Waals surface area contributed by atoms with Gasteiger partial charge in [-0.3, -0.25) is 9.48 Å². The molecule has 2 aromatic rings. The SMILES string of the molecule is COc1cc(Cl)ccc1C(=O)N1CCC(Cn2cc(C3CC3)nn2)CC1. The monoisotopic (exact) mass is 374 g/mol. The zero-order chi connectivity index (χ0) is 18.1. The van der Waals surface area contributed by atoms with E-state index in [4.69, 9.17) is 16.3 Å². The number of aromatic nitrogens is 3. The first-order valence-corrected chi connectivity index (χ1v) is 9.54. The second-order valence-corrected chi connectivity index (χ2v) is 7.66. The first-order valence-electron chi connectivity index (χ1n) is 9.17. The number of rotatable bonds is 5. The number of methoxy groups -OCH3 is 1. The van der Waals surface area contributed by atoms with Gasteiger partial charge < -0.3 is 9.64 Å². The van der Waals surface area contributed by atoms with Crippen LogP contribution in [0.15, 0.2) is 24.4 Å². The van der Waals surface area contributed by atoms with E-state index in [0.29, 0.717) is 28.2 Å². The molecule has 1 aliphatic heterocycles. The molecule has 0 N–H and O–H groups in total. The van der Waals surface area contributed by atoms with Crippen LogP contribution in [0.25, 0.3) is 0 Å². The Labute approximate surface area is 158 Å². The fraction of sp³-hybridized carbons (Fsp3) is 0.526. The molecule has 0 unspecified atom stereocenters. The molecule has 7 heteroatoms. The van der Waals surface area contributed by atoms with Crippen LogP contribution in [0.2, 0.25) is 5.02 Å². The fourth-order valence-electron chi connectivity index (χ4n) is 3.56. The van der Waals surface area contributed by atoms with Crippen molar-refractivity contribution in [1.82, 2.24) is 19.9 Å². The summed E-state index contributed by atoms with van der Waals surface area (Å²) in [5.41, 5.74) is 1.70. The fourth-order valence-corrected chi connectivity index (χ4v) is 3.73. The molecule has 0 spiro atoms. The quantitative estimate of drug-likeness (QED) is 0.805. The Morgan fingerprint density at radius 2 is 2.04 bits per heavy atom. The van der Waals surface area contributed by atoms with Gasteiger partial charge in [-0.1, -0.05) is 16.8 Å². The van der Waals surface area contributed by atoms with Crippen molar-refractivity contribution in [2.24, 2.45) is 5.92 Å². The molecule has 0 atom stereocenters. The van der Waals surface area contributed by atoms with Gasteiger partial charge in [-0.25, -0.2) is 0 Å². The van der Waals surface area contributed by atoms with Crippen molar-refractivity contribution in [1.29, 1.82) is 0 Å². The molecule has 0 bridgehead atoms. The third-order valence-electron chi connectivity index (χ3n) is 5.29. The van der Waals surface area contributed by atoms with Crippen molar-refractivity contribution in [2.45, 2.75) is 38.1 Å².